The van der Waals surface area contributed by atoms with E-state index < -0.39 is 17.5 Å². The van der Waals surface area contributed by atoms with Gasteiger partial charge in [0.1, 0.15) is 11.6 Å². The summed E-state index contributed by atoms with van der Waals surface area (Å²) in [5, 5.41) is 2.82. The molecule has 20 heavy (non-hydrogen) atoms. The fraction of sp³-hybridized carbons (Fsp3) is 0.533. The Kier molecular flexibility index (Phi) is 3.97. The summed E-state index contributed by atoms with van der Waals surface area (Å²) in [5.74, 6) is -2.26. The summed E-state index contributed by atoms with van der Waals surface area (Å²) in [6.07, 6.45) is 3.90. The van der Waals surface area contributed by atoms with E-state index in [1.54, 1.807) is 0 Å². The summed E-state index contributed by atoms with van der Waals surface area (Å²) in [5.41, 5.74) is 5.14. The lowest BCUT2D eigenvalue weighted by molar-refractivity contribution is 0.0898. The van der Waals surface area contributed by atoms with Crippen molar-refractivity contribution in [2.24, 2.45) is 5.41 Å². The number of nitrogens with two attached hydrogens (primary N) is 1. The Bertz CT molecular complexity index is 529. The molecule has 3 N–H and O–H groups in total. The summed E-state index contributed by atoms with van der Waals surface area (Å²) in [6.45, 7) is 4.31. The van der Waals surface area contributed by atoms with Gasteiger partial charge in [-0.3, -0.25) is 4.79 Å². The second-order valence-corrected chi connectivity index (χ2v) is 6.28. The molecular formula is C15H20F2N2O. The highest BCUT2D eigenvalue weighted by Gasteiger charge is 2.29. The van der Waals surface area contributed by atoms with Gasteiger partial charge in [-0.25, -0.2) is 8.78 Å². The van der Waals surface area contributed by atoms with E-state index in [1.807, 2.05) is 0 Å². The van der Waals surface area contributed by atoms with E-state index in [2.05, 4.69) is 19.2 Å². The molecule has 1 atom stereocenters. The van der Waals surface area contributed by atoms with Gasteiger partial charge in [0.15, 0.2) is 0 Å². The van der Waals surface area contributed by atoms with Crippen LogP contribution in [0.3, 0.4) is 0 Å². The molecule has 2 rings (SSSR count). The second kappa shape index (κ2) is 5.38. The molecular weight excluding hydrogens is 262 g/mol. The van der Waals surface area contributed by atoms with Gasteiger partial charge in [0, 0.05) is 12.1 Å². The Morgan fingerprint density at radius 1 is 1.35 bits per heavy atom. The number of anilines is 1. The van der Waals surface area contributed by atoms with Gasteiger partial charge < -0.3 is 11.1 Å². The largest absolute Gasteiger partial charge is 0.396 e. The first kappa shape index (κ1) is 14.8. The van der Waals surface area contributed by atoms with Gasteiger partial charge >= 0.3 is 0 Å². The molecule has 1 amide bonds. The molecule has 5 heteroatoms. The quantitative estimate of drug-likeness (QED) is 0.818. The van der Waals surface area contributed by atoms with Crippen LogP contribution in [0.5, 0.6) is 0 Å². The number of benzene rings is 1. The van der Waals surface area contributed by atoms with Crippen LogP contribution in [0.2, 0.25) is 0 Å². The third-order valence-corrected chi connectivity index (χ3v) is 3.87. The highest BCUT2D eigenvalue weighted by Crippen LogP contribution is 2.35. The van der Waals surface area contributed by atoms with Crippen molar-refractivity contribution in [2.45, 2.75) is 45.6 Å². The van der Waals surface area contributed by atoms with Crippen LogP contribution in [0, 0.1) is 17.0 Å². The zero-order valence-corrected chi connectivity index (χ0v) is 11.8. The molecule has 110 valence electrons. The summed E-state index contributed by atoms with van der Waals surface area (Å²) < 4.78 is 26.7. The van der Waals surface area contributed by atoms with E-state index in [4.69, 9.17) is 5.73 Å². The first-order chi connectivity index (χ1) is 9.28. The molecule has 1 saturated carbocycles. The van der Waals surface area contributed by atoms with Crippen molar-refractivity contribution < 1.29 is 13.6 Å². The van der Waals surface area contributed by atoms with Crippen molar-refractivity contribution in [1.82, 2.24) is 5.32 Å². The van der Waals surface area contributed by atoms with E-state index >= 15 is 0 Å². The number of nitrogen functional groups attached to an aromatic ring is 1. The van der Waals surface area contributed by atoms with Gasteiger partial charge in [-0.05, 0) is 30.7 Å². The Labute approximate surface area is 117 Å². The third-order valence-electron chi connectivity index (χ3n) is 3.87. The van der Waals surface area contributed by atoms with E-state index in [0.717, 1.165) is 31.7 Å². The van der Waals surface area contributed by atoms with Gasteiger partial charge in [0.2, 0.25) is 0 Å². The Balaban J connectivity index is 2.11. The van der Waals surface area contributed by atoms with E-state index in [0.29, 0.717) is 6.07 Å². The van der Waals surface area contributed by atoms with Crippen LogP contribution in [-0.2, 0) is 0 Å². The second-order valence-electron chi connectivity index (χ2n) is 6.28. The molecule has 0 aromatic heterocycles. The molecule has 0 spiro atoms. The Hall–Kier alpha value is -1.65. The molecule has 3 nitrogen and oxygen atoms in total. The highest BCUT2D eigenvalue weighted by atomic mass is 19.1. The topological polar surface area (TPSA) is 55.1 Å². The SMILES string of the molecule is CC1(C)CCCC(NC(=O)c2cc(N)c(F)cc2F)C1. The zero-order valence-electron chi connectivity index (χ0n) is 11.8. The molecule has 1 aromatic rings. The van der Waals surface area contributed by atoms with Crippen molar-refractivity contribution in [3.05, 3.63) is 29.3 Å². The lowest BCUT2D eigenvalue weighted by Gasteiger charge is -2.35. The van der Waals surface area contributed by atoms with Crippen LogP contribution in [-0.4, -0.2) is 11.9 Å². The number of nitrogens with one attached hydrogen (secondary N) is 1. The van der Waals surface area contributed by atoms with Gasteiger partial charge in [-0.2, -0.15) is 0 Å². The minimum atomic E-state index is -0.885. The average molecular weight is 282 g/mol. The molecule has 0 radical (unpaired) electrons. The Morgan fingerprint density at radius 3 is 2.70 bits per heavy atom. The van der Waals surface area contributed by atoms with Crippen molar-refractivity contribution in [3.63, 3.8) is 0 Å². The molecule has 1 aliphatic rings. The number of halogens is 2. The fourth-order valence-electron chi connectivity index (χ4n) is 2.82. The number of carbonyl (C=O) groups excluding carboxylic acids is 1. The molecule has 0 aliphatic heterocycles. The first-order valence-electron chi connectivity index (χ1n) is 6.84. The molecule has 1 unspecified atom stereocenters. The minimum Gasteiger partial charge on any atom is -0.396 e. The lowest BCUT2D eigenvalue weighted by atomic mass is 9.75. The molecule has 0 saturated heterocycles. The summed E-state index contributed by atoms with van der Waals surface area (Å²) in [7, 11) is 0. The number of hydrogen-bond acceptors (Lipinski definition) is 2. The van der Waals surface area contributed by atoms with Gasteiger partial charge in [0.25, 0.3) is 5.91 Å². The predicted molar refractivity (Wildman–Crippen MR) is 74.3 cm³/mol. The molecule has 1 aliphatic carbocycles. The molecule has 0 heterocycles. The molecule has 1 aromatic carbocycles. The van der Waals surface area contributed by atoms with Crippen molar-refractivity contribution in [3.8, 4) is 0 Å². The zero-order chi connectivity index (χ0) is 14.9. The first-order valence-corrected chi connectivity index (χ1v) is 6.84. The van der Waals surface area contributed by atoms with Crippen molar-refractivity contribution in [2.75, 3.05) is 5.73 Å². The minimum absolute atomic E-state index is 0.0249. The van der Waals surface area contributed by atoms with Crippen molar-refractivity contribution >= 4 is 11.6 Å². The van der Waals surface area contributed by atoms with E-state index in [-0.39, 0.29) is 22.7 Å². The van der Waals surface area contributed by atoms with E-state index in [1.165, 1.54) is 0 Å². The third kappa shape index (κ3) is 3.26. The summed E-state index contributed by atoms with van der Waals surface area (Å²) in [6, 6.07) is 1.72. The predicted octanol–water partition coefficient (Wildman–Crippen LogP) is 3.25. The standard InChI is InChI=1S/C15H20F2N2O/c1-15(2)5-3-4-9(8-15)19-14(20)10-6-13(18)12(17)7-11(10)16/h6-7,9H,3-5,8,18H2,1-2H3,(H,19,20). The van der Waals surface area contributed by atoms with Gasteiger partial charge in [-0.15, -0.1) is 0 Å². The van der Waals surface area contributed by atoms with Crippen LogP contribution in [0.1, 0.15) is 49.9 Å². The average Bonchev–Trinajstić information content (AvgIpc) is 2.32. The van der Waals surface area contributed by atoms with Crippen LogP contribution in [0.25, 0.3) is 0 Å². The number of rotatable bonds is 2. The van der Waals surface area contributed by atoms with Crippen molar-refractivity contribution in [1.29, 1.82) is 0 Å². The molecule has 1 fully saturated rings. The molecule has 0 bridgehead atoms. The smallest absolute Gasteiger partial charge is 0.254 e. The van der Waals surface area contributed by atoms with E-state index in [9.17, 15) is 13.6 Å². The van der Waals surface area contributed by atoms with Gasteiger partial charge in [-0.1, -0.05) is 20.3 Å². The maximum atomic E-state index is 13.6. The van der Waals surface area contributed by atoms with Crippen LogP contribution in [0.4, 0.5) is 14.5 Å². The number of carbonyl (C=O) groups is 1. The van der Waals surface area contributed by atoms with Crippen LogP contribution >= 0.6 is 0 Å². The number of hydrogen-bond donors (Lipinski definition) is 2. The number of amides is 1. The lowest BCUT2D eigenvalue weighted by Crippen LogP contribution is -2.41. The Morgan fingerprint density at radius 2 is 2.05 bits per heavy atom. The van der Waals surface area contributed by atoms with Crippen LogP contribution in [0.15, 0.2) is 12.1 Å². The van der Waals surface area contributed by atoms with Gasteiger partial charge in [0.05, 0.1) is 11.3 Å². The fourth-order valence-corrected chi connectivity index (χ4v) is 2.82. The summed E-state index contributed by atoms with van der Waals surface area (Å²) >= 11 is 0. The monoisotopic (exact) mass is 282 g/mol. The maximum absolute atomic E-state index is 13.6. The maximum Gasteiger partial charge on any atom is 0.254 e. The highest BCUT2D eigenvalue weighted by molar-refractivity contribution is 5.95. The summed E-state index contributed by atoms with van der Waals surface area (Å²) in [4.78, 5) is 12.1. The normalized spacial score (nSPS) is 21.5. The van der Waals surface area contributed by atoms with Crippen LogP contribution < -0.4 is 11.1 Å².